The Balaban J connectivity index is 1.73. The summed E-state index contributed by atoms with van der Waals surface area (Å²) in [7, 11) is 4.05. The SMILES string of the molecule is CN(C)CCOc1ccccc1-c1ccc(C(=O)N2CC[C@@H](N)C2)cc1. The number of likely N-dealkylation sites (tertiary alicyclic amines) is 1. The first-order valence-electron chi connectivity index (χ1n) is 9.06. The predicted octanol–water partition coefficient (Wildman–Crippen LogP) is 2.47. The molecule has 2 aromatic rings. The van der Waals surface area contributed by atoms with Gasteiger partial charge in [0.2, 0.25) is 0 Å². The molecule has 138 valence electrons. The van der Waals surface area contributed by atoms with Gasteiger partial charge in [-0.2, -0.15) is 0 Å². The van der Waals surface area contributed by atoms with E-state index in [-0.39, 0.29) is 11.9 Å². The molecule has 2 N–H and O–H groups in total. The van der Waals surface area contributed by atoms with Crippen molar-refractivity contribution in [3.63, 3.8) is 0 Å². The van der Waals surface area contributed by atoms with Gasteiger partial charge in [-0.25, -0.2) is 0 Å². The number of benzene rings is 2. The van der Waals surface area contributed by atoms with Gasteiger partial charge < -0.3 is 20.3 Å². The molecule has 1 amide bonds. The number of ether oxygens (including phenoxy) is 1. The van der Waals surface area contributed by atoms with Crippen LogP contribution in [0.1, 0.15) is 16.8 Å². The molecular weight excluding hydrogens is 326 g/mol. The lowest BCUT2D eigenvalue weighted by molar-refractivity contribution is 0.0791. The minimum absolute atomic E-state index is 0.0556. The number of nitrogens with zero attached hydrogens (tertiary/aromatic N) is 2. The van der Waals surface area contributed by atoms with Gasteiger partial charge in [-0.05, 0) is 44.3 Å². The topological polar surface area (TPSA) is 58.8 Å². The van der Waals surface area contributed by atoms with Crippen molar-refractivity contribution in [1.29, 1.82) is 0 Å². The number of amides is 1. The average Bonchev–Trinajstić information content (AvgIpc) is 3.08. The first-order valence-corrected chi connectivity index (χ1v) is 9.06. The van der Waals surface area contributed by atoms with Crippen molar-refractivity contribution in [3.8, 4) is 16.9 Å². The Morgan fingerprint density at radius 3 is 2.58 bits per heavy atom. The highest BCUT2D eigenvalue weighted by molar-refractivity contribution is 5.95. The number of nitrogens with two attached hydrogens (primary N) is 1. The van der Waals surface area contributed by atoms with Crippen LogP contribution in [-0.4, -0.2) is 62.1 Å². The third-order valence-corrected chi connectivity index (χ3v) is 4.64. The van der Waals surface area contributed by atoms with E-state index in [0.717, 1.165) is 36.4 Å². The van der Waals surface area contributed by atoms with Crippen molar-refractivity contribution in [2.24, 2.45) is 5.73 Å². The van der Waals surface area contributed by atoms with E-state index in [9.17, 15) is 4.79 Å². The molecular formula is C21H27N3O2. The Hall–Kier alpha value is -2.37. The van der Waals surface area contributed by atoms with E-state index in [1.807, 2.05) is 67.5 Å². The summed E-state index contributed by atoms with van der Waals surface area (Å²) in [4.78, 5) is 16.5. The van der Waals surface area contributed by atoms with Crippen LogP contribution < -0.4 is 10.5 Å². The Kier molecular flexibility index (Phi) is 5.91. The van der Waals surface area contributed by atoms with Gasteiger partial charge >= 0.3 is 0 Å². The van der Waals surface area contributed by atoms with E-state index in [1.165, 1.54) is 0 Å². The first kappa shape index (κ1) is 18.4. The van der Waals surface area contributed by atoms with Gasteiger partial charge in [0.15, 0.2) is 0 Å². The van der Waals surface area contributed by atoms with Gasteiger partial charge in [0.1, 0.15) is 12.4 Å². The van der Waals surface area contributed by atoms with E-state index >= 15 is 0 Å². The van der Waals surface area contributed by atoms with Gasteiger partial charge in [0.05, 0.1) is 0 Å². The third-order valence-electron chi connectivity index (χ3n) is 4.64. The quantitative estimate of drug-likeness (QED) is 0.867. The summed E-state index contributed by atoms with van der Waals surface area (Å²) in [5, 5.41) is 0. The molecule has 2 aromatic carbocycles. The molecule has 5 heteroatoms. The number of rotatable bonds is 6. The minimum Gasteiger partial charge on any atom is -0.492 e. The Morgan fingerprint density at radius 2 is 1.92 bits per heavy atom. The zero-order valence-electron chi connectivity index (χ0n) is 15.5. The fraction of sp³-hybridized carbons (Fsp3) is 0.381. The fourth-order valence-electron chi connectivity index (χ4n) is 3.12. The number of carbonyl (C=O) groups is 1. The summed E-state index contributed by atoms with van der Waals surface area (Å²) < 4.78 is 5.94. The van der Waals surface area contributed by atoms with E-state index in [0.29, 0.717) is 18.7 Å². The van der Waals surface area contributed by atoms with Crippen LogP contribution in [0.3, 0.4) is 0 Å². The first-order chi connectivity index (χ1) is 12.5. The Bertz CT molecular complexity index is 743. The molecule has 5 nitrogen and oxygen atoms in total. The fourth-order valence-corrected chi connectivity index (χ4v) is 3.12. The van der Waals surface area contributed by atoms with E-state index in [4.69, 9.17) is 10.5 Å². The summed E-state index contributed by atoms with van der Waals surface area (Å²) in [5.74, 6) is 0.916. The van der Waals surface area contributed by atoms with Gasteiger partial charge in [0, 0.05) is 36.8 Å². The second kappa shape index (κ2) is 8.34. The highest BCUT2D eigenvalue weighted by Gasteiger charge is 2.24. The summed E-state index contributed by atoms with van der Waals surface area (Å²) in [6, 6.07) is 15.8. The molecule has 1 fully saturated rings. The van der Waals surface area contributed by atoms with Gasteiger partial charge in [-0.1, -0.05) is 30.3 Å². The second-order valence-corrected chi connectivity index (χ2v) is 7.03. The van der Waals surface area contributed by atoms with E-state index in [1.54, 1.807) is 0 Å². The number of para-hydroxylation sites is 1. The maximum Gasteiger partial charge on any atom is 0.253 e. The number of carbonyl (C=O) groups excluding carboxylic acids is 1. The number of hydrogen-bond acceptors (Lipinski definition) is 4. The molecule has 26 heavy (non-hydrogen) atoms. The smallest absolute Gasteiger partial charge is 0.253 e. The summed E-state index contributed by atoms with van der Waals surface area (Å²) in [5.41, 5.74) is 8.69. The lowest BCUT2D eigenvalue weighted by atomic mass is 10.0. The average molecular weight is 353 g/mol. The summed E-state index contributed by atoms with van der Waals surface area (Å²) in [6.45, 7) is 2.88. The van der Waals surface area contributed by atoms with Gasteiger partial charge in [0.25, 0.3) is 5.91 Å². The second-order valence-electron chi connectivity index (χ2n) is 7.03. The van der Waals surface area contributed by atoms with Crippen molar-refractivity contribution < 1.29 is 9.53 Å². The molecule has 0 radical (unpaired) electrons. The van der Waals surface area contributed by atoms with Gasteiger partial charge in [-0.15, -0.1) is 0 Å². The van der Waals surface area contributed by atoms with Crippen LogP contribution in [-0.2, 0) is 0 Å². The Morgan fingerprint density at radius 1 is 1.19 bits per heavy atom. The molecule has 1 atom stereocenters. The number of likely N-dealkylation sites (N-methyl/N-ethyl adjacent to an activating group) is 1. The van der Waals surface area contributed by atoms with Crippen LogP contribution in [0, 0.1) is 0 Å². The van der Waals surface area contributed by atoms with Crippen LogP contribution in [0.25, 0.3) is 11.1 Å². The molecule has 0 aliphatic carbocycles. The normalized spacial score (nSPS) is 16.9. The van der Waals surface area contributed by atoms with Crippen LogP contribution >= 0.6 is 0 Å². The van der Waals surface area contributed by atoms with E-state index in [2.05, 4.69) is 4.90 Å². The monoisotopic (exact) mass is 353 g/mol. The maximum atomic E-state index is 12.6. The van der Waals surface area contributed by atoms with Crippen molar-refractivity contribution in [2.45, 2.75) is 12.5 Å². The molecule has 1 aliphatic rings. The molecule has 0 aromatic heterocycles. The lowest BCUT2D eigenvalue weighted by Gasteiger charge is -2.16. The van der Waals surface area contributed by atoms with Crippen LogP contribution in [0.5, 0.6) is 5.75 Å². The predicted molar refractivity (Wildman–Crippen MR) is 104 cm³/mol. The van der Waals surface area contributed by atoms with Crippen LogP contribution in [0.4, 0.5) is 0 Å². The summed E-state index contributed by atoms with van der Waals surface area (Å²) >= 11 is 0. The Labute approximate surface area is 155 Å². The largest absolute Gasteiger partial charge is 0.492 e. The van der Waals surface area contributed by atoms with Crippen molar-refractivity contribution in [2.75, 3.05) is 40.3 Å². The highest BCUT2D eigenvalue weighted by atomic mass is 16.5. The van der Waals surface area contributed by atoms with Crippen LogP contribution in [0.2, 0.25) is 0 Å². The zero-order valence-corrected chi connectivity index (χ0v) is 15.5. The minimum atomic E-state index is 0.0556. The lowest BCUT2D eigenvalue weighted by Crippen LogP contribution is -2.31. The molecule has 0 saturated carbocycles. The molecule has 0 unspecified atom stereocenters. The summed E-state index contributed by atoms with van der Waals surface area (Å²) in [6.07, 6.45) is 0.876. The highest BCUT2D eigenvalue weighted by Crippen LogP contribution is 2.30. The van der Waals surface area contributed by atoms with Crippen molar-refractivity contribution in [3.05, 3.63) is 54.1 Å². The van der Waals surface area contributed by atoms with Crippen LogP contribution in [0.15, 0.2) is 48.5 Å². The zero-order chi connectivity index (χ0) is 18.5. The van der Waals surface area contributed by atoms with E-state index < -0.39 is 0 Å². The van der Waals surface area contributed by atoms with Crippen molar-refractivity contribution >= 4 is 5.91 Å². The van der Waals surface area contributed by atoms with Gasteiger partial charge in [-0.3, -0.25) is 4.79 Å². The molecule has 0 spiro atoms. The molecule has 0 bridgehead atoms. The third kappa shape index (κ3) is 4.42. The standard InChI is InChI=1S/C21H27N3O2/c1-23(2)13-14-26-20-6-4-3-5-19(20)16-7-9-17(10-8-16)21(25)24-12-11-18(22)15-24/h3-10,18H,11-15,22H2,1-2H3/t18-/m1/s1. The maximum absolute atomic E-state index is 12.6. The molecule has 1 aliphatic heterocycles. The molecule has 3 rings (SSSR count). The number of hydrogen-bond donors (Lipinski definition) is 1. The van der Waals surface area contributed by atoms with Crippen molar-refractivity contribution in [1.82, 2.24) is 9.80 Å². The molecule has 1 heterocycles. The molecule has 1 saturated heterocycles.